The van der Waals surface area contributed by atoms with Gasteiger partial charge in [-0.1, -0.05) is 11.6 Å². The topological polar surface area (TPSA) is 64.3 Å². The second-order valence-corrected chi connectivity index (χ2v) is 5.00. The van der Waals surface area contributed by atoms with E-state index in [1.54, 1.807) is 0 Å². The van der Waals surface area contributed by atoms with Crippen molar-refractivity contribution in [1.82, 2.24) is 5.32 Å². The van der Waals surface area contributed by atoms with E-state index in [0.717, 1.165) is 5.57 Å². The van der Waals surface area contributed by atoms with Gasteiger partial charge in [0.1, 0.15) is 11.6 Å². The number of hydrogen-bond acceptors (Lipinski definition) is 4. The van der Waals surface area contributed by atoms with E-state index in [4.69, 9.17) is 10.5 Å². The van der Waals surface area contributed by atoms with Crippen molar-refractivity contribution in [2.24, 2.45) is 5.73 Å². The summed E-state index contributed by atoms with van der Waals surface area (Å²) in [6.45, 7) is 10.5. The van der Waals surface area contributed by atoms with Crippen LogP contribution in [0.2, 0.25) is 0 Å². The lowest BCUT2D eigenvalue weighted by molar-refractivity contribution is -0.156. The molecule has 0 amide bonds. The molecule has 4 nitrogen and oxygen atoms in total. The predicted octanol–water partition coefficient (Wildman–Crippen LogP) is 1.21. The summed E-state index contributed by atoms with van der Waals surface area (Å²) in [6.07, 6.45) is 1.85. The molecule has 0 fully saturated rings. The average Bonchev–Trinajstić information content (AvgIpc) is 2.08. The first-order chi connectivity index (χ1) is 7.26. The van der Waals surface area contributed by atoms with Crippen LogP contribution in [-0.2, 0) is 9.53 Å². The second kappa shape index (κ2) is 6.66. The van der Waals surface area contributed by atoms with Gasteiger partial charge in [0.25, 0.3) is 0 Å². The molecule has 0 radical (unpaired) electrons. The minimum Gasteiger partial charge on any atom is -0.459 e. The molecule has 0 aromatic heterocycles. The van der Waals surface area contributed by atoms with Gasteiger partial charge in [-0.05, 0) is 34.6 Å². The normalized spacial score (nSPS) is 13.1. The minimum atomic E-state index is -0.463. The van der Waals surface area contributed by atoms with Gasteiger partial charge in [0.15, 0.2) is 0 Å². The van der Waals surface area contributed by atoms with Crippen LogP contribution in [-0.4, -0.2) is 30.7 Å². The number of carbonyl (C=O) groups is 1. The van der Waals surface area contributed by atoms with Crippen molar-refractivity contribution in [3.8, 4) is 0 Å². The Morgan fingerprint density at radius 3 is 2.38 bits per heavy atom. The van der Waals surface area contributed by atoms with Gasteiger partial charge >= 0.3 is 5.97 Å². The molecule has 16 heavy (non-hydrogen) atoms. The number of ether oxygens (including phenoxy) is 1. The summed E-state index contributed by atoms with van der Waals surface area (Å²) >= 11 is 0. The van der Waals surface area contributed by atoms with E-state index in [2.05, 4.69) is 5.32 Å². The SMILES string of the molecule is CC(C)=CC(NCCN)C(=O)OC(C)(C)C. The largest absolute Gasteiger partial charge is 0.459 e. The lowest BCUT2D eigenvalue weighted by atomic mass is 10.1. The highest BCUT2D eigenvalue weighted by Gasteiger charge is 2.22. The Kier molecular flexibility index (Phi) is 6.29. The van der Waals surface area contributed by atoms with Crippen molar-refractivity contribution in [3.05, 3.63) is 11.6 Å². The minimum absolute atomic E-state index is 0.262. The number of allylic oxidation sites excluding steroid dienone is 1. The van der Waals surface area contributed by atoms with Crippen molar-refractivity contribution in [2.75, 3.05) is 13.1 Å². The Balaban J connectivity index is 4.50. The number of nitrogens with one attached hydrogen (secondary N) is 1. The molecule has 0 aliphatic rings. The molecule has 0 aromatic carbocycles. The van der Waals surface area contributed by atoms with E-state index in [1.807, 2.05) is 40.7 Å². The van der Waals surface area contributed by atoms with E-state index in [9.17, 15) is 4.79 Å². The molecule has 4 heteroatoms. The molecule has 3 N–H and O–H groups in total. The number of carbonyl (C=O) groups excluding carboxylic acids is 1. The zero-order chi connectivity index (χ0) is 12.8. The smallest absolute Gasteiger partial charge is 0.327 e. The first kappa shape index (κ1) is 15.1. The highest BCUT2D eigenvalue weighted by atomic mass is 16.6. The number of nitrogens with two attached hydrogens (primary N) is 1. The molecule has 0 spiro atoms. The van der Waals surface area contributed by atoms with Crippen LogP contribution in [0.4, 0.5) is 0 Å². The molecule has 0 aromatic rings. The fourth-order valence-corrected chi connectivity index (χ4v) is 1.15. The third kappa shape index (κ3) is 7.43. The maximum atomic E-state index is 11.8. The molecule has 94 valence electrons. The lowest BCUT2D eigenvalue weighted by Crippen LogP contribution is -2.42. The van der Waals surface area contributed by atoms with Gasteiger partial charge < -0.3 is 10.5 Å². The van der Waals surface area contributed by atoms with Gasteiger partial charge in [-0.3, -0.25) is 5.32 Å². The average molecular weight is 228 g/mol. The van der Waals surface area contributed by atoms with Gasteiger partial charge in [-0.15, -0.1) is 0 Å². The van der Waals surface area contributed by atoms with Crippen molar-refractivity contribution in [1.29, 1.82) is 0 Å². The summed E-state index contributed by atoms with van der Waals surface area (Å²) in [6, 6.07) is -0.409. The van der Waals surface area contributed by atoms with E-state index >= 15 is 0 Å². The predicted molar refractivity (Wildman–Crippen MR) is 66.1 cm³/mol. The molecule has 0 heterocycles. The molecule has 0 bridgehead atoms. The molecule has 0 rings (SSSR count). The first-order valence-electron chi connectivity index (χ1n) is 5.57. The van der Waals surface area contributed by atoms with Crippen LogP contribution in [0, 0.1) is 0 Å². The van der Waals surface area contributed by atoms with Gasteiger partial charge in [0.05, 0.1) is 0 Å². The molecular formula is C12H24N2O2. The van der Waals surface area contributed by atoms with Crippen LogP contribution >= 0.6 is 0 Å². The molecule has 0 saturated carbocycles. The molecule has 1 atom stereocenters. The third-order valence-corrected chi connectivity index (χ3v) is 1.67. The Labute approximate surface area is 98.2 Å². The first-order valence-corrected chi connectivity index (χ1v) is 5.57. The fourth-order valence-electron chi connectivity index (χ4n) is 1.15. The standard InChI is InChI=1S/C12H24N2O2/c1-9(2)8-10(14-7-6-13)11(15)16-12(3,4)5/h8,10,14H,6-7,13H2,1-5H3. The maximum absolute atomic E-state index is 11.8. The molecular weight excluding hydrogens is 204 g/mol. The summed E-state index contributed by atoms with van der Waals surface area (Å²) < 4.78 is 5.31. The van der Waals surface area contributed by atoms with Crippen LogP contribution in [0.15, 0.2) is 11.6 Å². The summed E-state index contributed by atoms with van der Waals surface area (Å²) in [5.74, 6) is -0.262. The van der Waals surface area contributed by atoms with Crippen molar-refractivity contribution in [2.45, 2.75) is 46.3 Å². The number of esters is 1. The molecule has 0 aliphatic heterocycles. The van der Waals surface area contributed by atoms with Gasteiger partial charge in [-0.25, -0.2) is 4.79 Å². The molecule has 0 saturated heterocycles. The number of rotatable bonds is 5. The second-order valence-electron chi connectivity index (χ2n) is 5.00. The summed E-state index contributed by atoms with van der Waals surface area (Å²) in [5.41, 5.74) is 6.01. The molecule has 0 aliphatic carbocycles. The molecule has 1 unspecified atom stereocenters. The van der Waals surface area contributed by atoms with Crippen LogP contribution in [0.1, 0.15) is 34.6 Å². The quantitative estimate of drug-likeness (QED) is 0.548. The van der Waals surface area contributed by atoms with Crippen molar-refractivity contribution >= 4 is 5.97 Å². The highest BCUT2D eigenvalue weighted by molar-refractivity contribution is 5.78. The van der Waals surface area contributed by atoms with Crippen LogP contribution in [0.5, 0.6) is 0 Å². The van der Waals surface area contributed by atoms with Crippen LogP contribution < -0.4 is 11.1 Å². The zero-order valence-electron chi connectivity index (χ0n) is 11.0. The summed E-state index contributed by atoms with van der Waals surface area (Å²) in [4.78, 5) is 11.8. The Bertz CT molecular complexity index is 250. The Morgan fingerprint density at radius 2 is 2.00 bits per heavy atom. The van der Waals surface area contributed by atoms with Gasteiger partial charge in [0.2, 0.25) is 0 Å². The lowest BCUT2D eigenvalue weighted by Gasteiger charge is -2.23. The Morgan fingerprint density at radius 1 is 1.44 bits per heavy atom. The van der Waals surface area contributed by atoms with E-state index in [-0.39, 0.29) is 5.97 Å². The maximum Gasteiger partial charge on any atom is 0.327 e. The van der Waals surface area contributed by atoms with Gasteiger partial charge in [0, 0.05) is 13.1 Å². The monoisotopic (exact) mass is 228 g/mol. The van der Waals surface area contributed by atoms with Gasteiger partial charge in [-0.2, -0.15) is 0 Å². The summed E-state index contributed by atoms with van der Waals surface area (Å²) in [7, 11) is 0. The summed E-state index contributed by atoms with van der Waals surface area (Å²) in [5, 5.41) is 3.05. The number of hydrogen-bond donors (Lipinski definition) is 2. The third-order valence-electron chi connectivity index (χ3n) is 1.67. The van der Waals surface area contributed by atoms with E-state index in [1.165, 1.54) is 0 Å². The Hall–Kier alpha value is -0.870. The fraction of sp³-hybridized carbons (Fsp3) is 0.750. The highest BCUT2D eigenvalue weighted by Crippen LogP contribution is 2.09. The van der Waals surface area contributed by atoms with Crippen LogP contribution in [0.25, 0.3) is 0 Å². The van der Waals surface area contributed by atoms with E-state index in [0.29, 0.717) is 13.1 Å². The zero-order valence-corrected chi connectivity index (χ0v) is 11.0. The van der Waals surface area contributed by atoms with Crippen molar-refractivity contribution in [3.63, 3.8) is 0 Å². The van der Waals surface area contributed by atoms with E-state index < -0.39 is 11.6 Å². The van der Waals surface area contributed by atoms with Crippen LogP contribution in [0.3, 0.4) is 0 Å². The van der Waals surface area contributed by atoms with Crippen molar-refractivity contribution < 1.29 is 9.53 Å².